The van der Waals surface area contributed by atoms with Crippen LogP contribution in [0, 0.1) is 23.2 Å². The van der Waals surface area contributed by atoms with Crippen LogP contribution in [-0.2, 0) is 14.3 Å². The standard InChI is InChI=1S/C25H40O6/c1-5-14-24(3,4)23(28)31-20-9-6-8-18-12-11-17(2)19(22(18)20)13-16-25(29,30)15-7-10-21(26)27/h8,11-12,17,19-20,22,29-30H,5-7,9-10,13-16H2,1-4H3,(H,26,27). The lowest BCUT2D eigenvalue weighted by Crippen LogP contribution is -2.42. The van der Waals surface area contributed by atoms with Crippen LogP contribution in [0.5, 0.6) is 0 Å². The normalized spacial score (nSPS) is 26.2. The van der Waals surface area contributed by atoms with Gasteiger partial charge in [-0.3, -0.25) is 9.59 Å². The average molecular weight is 437 g/mol. The van der Waals surface area contributed by atoms with E-state index in [9.17, 15) is 19.8 Å². The maximum atomic E-state index is 12.9. The summed E-state index contributed by atoms with van der Waals surface area (Å²) in [5.41, 5.74) is 0.657. The number of esters is 1. The van der Waals surface area contributed by atoms with Gasteiger partial charge in [0.15, 0.2) is 5.79 Å². The molecule has 2 rings (SSSR count). The number of hydrogen-bond acceptors (Lipinski definition) is 5. The van der Waals surface area contributed by atoms with Gasteiger partial charge in [0.25, 0.3) is 0 Å². The maximum absolute atomic E-state index is 12.9. The highest BCUT2D eigenvalue weighted by atomic mass is 16.5. The minimum absolute atomic E-state index is 0.0349. The number of ether oxygens (including phenoxy) is 1. The highest BCUT2D eigenvalue weighted by Gasteiger charge is 2.42. The largest absolute Gasteiger partial charge is 0.481 e. The van der Waals surface area contributed by atoms with E-state index in [0.29, 0.717) is 6.42 Å². The van der Waals surface area contributed by atoms with Crippen molar-refractivity contribution in [2.24, 2.45) is 23.2 Å². The second-order valence-electron chi connectivity index (χ2n) is 10.0. The number of allylic oxidation sites excluding steroid dienone is 3. The molecule has 0 heterocycles. The Hall–Kier alpha value is -1.66. The van der Waals surface area contributed by atoms with E-state index in [1.165, 1.54) is 5.57 Å². The Bertz CT molecular complexity index is 690. The number of carbonyl (C=O) groups is 2. The zero-order chi connectivity index (χ0) is 23.2. The maximum Gasteiger partial charge on any atom is 0.311 e. The van der Waals surface area contributed by atoms with Crippen LogP contribution in [0.25, 0.3) is 0 Å². The Balaban J connectivity index is 2.10. The van der Waals surface area contributed by atoms with Crippen LogP contribution in [0.1, 0.15) is 85.5 Å². The molecule has 0 aromatic heterocycles. The lowest BCUT2D eigenvalue weighted by Gasteiger charge is -2.43. The molecule has 3 N–H and O–H groups in total. The Morgan fingerprint density at radius 2 is 1.90 bits per heavy atom. The van der Waals surface area contributed by atoms with Crippen LogP contribution >= 0.6 is 0 Å². The van der Waals surface area contributed by atoms with Crippen LogP contribution in [0.15, 0.2) is 23.8 Å². The minimum atomic E-state index is -1.88. The Morgan fingerprint density at radius 3 is 2.55 bits per heavy atom. The van der Waals surface area contributed by atoms with Crippen LogP contribution in [-0.4, -0.2) is 39.1 Å². The van der Waals surface area contributed by atoms with Crippen molar-refractivity contribution >= 4 is 11.9 Å². The van der Waals surface area contributed by atoms with E-state index in [-0.39, 0.29) is 55.5 Å². The average Bonchev–Trinajstić information content (AvgIpc) is 2.67. The predicted octanol–water partition coefficient (Wildman–Crippen LogP) is 4.60. The second-order valence-corrected chi connectivity index (χ2v) is 10.0. The molecule has 0 fully saturated rings. The van der Waals surface area contributed by atoms with Crippen molar-refractivity contribution in [3.63, 3.8) is 0 Å². The number of hydrogen-bond donors (Lipinski definition) is 3. The first-order chi connectivity index (χ1) is 14.5. The van der Waals surface area contributed by atoms with E-state index in [4.69, 9.17) is 9.84 Å². The molecule has 4 unspecified atom stereocenters. The Kier molecular flexibility index (Phi) is 8.90. The van der Waals surface area contributed by atoms with Crippen molar-refractivity contribution in [1.29, 1.82) is 0 Å². The number of aliphatic hydroxyl groups is 2. The van der Waals surface area contributed by atoms with Gasteiger partial charge in [-0.05, 0) is 63.4 Å². The van der Waals surface area contributed by atoms with Gasteiger partial charge in [0.1, 0.15) is 6.10 Å². The quantitative estimate of drug-likeness (QED) is 0.323. The zero-order valence-electron chi connectivity index (χ0n) is 19.5. The molecule has 6 nitrogen and oxygen atoms in total. The first-order valence-electron chi connectivity index (χ1n) is 11.7. The van der Waals surface area contributed by atoms with Gasteiger partial charge < -0.3 is 20.1 Å². The molecule has 4 atom stereocenters. The van der Waals surface area contributed by atoms with Gasteiger partial charge in [0, 0.05) is 25.2 Å². The van der Waals surface area contributed by atoms with E-state index in [1.54, 1.807) is 0 Å². The fourth-order valence-electron chi connectivity index (χ4n) is 5.02. The molecule has 2 aliphatic carbocycles. The summed E-state index contributed by atoms with van der Waals surface area (Å²) in [6, 6.07) is 0. The zero-order valence-corrected chi connectivity index (χ0v) is 19.5. The molecule has 0 saturated heterocycles. The van der Waals surface area contributed by atoms with Gasteiger partial charge >= 0.3 is 11.9 Å². The predicted molar refractivity (Wildman–Crippen MR) is 119 cm³/mol. The summed E-state index contributed by atoms with van der Waals surface area (Å²) in [5.74, 6) is -2.58. The SMILES string of the molecule is CCCC(C)(C)C(=O)OC1CCC=C2C=CC(C)C(CCC(O)(O)CCCC(=O)O)C21. The molecule has 0 aromatic carbocycles. The number of carboxylic acid groups (broad SMARTS) is 1. The third-order valence-electron chi connectivity index (χ3n) is 6.88. The molecule has 0 amide bonds. The molecule has 0 radical (unpaired) electrons. The molecule has 0 aliphatic heterocycles. The van der Waals surface area contributed by atoms with Crippen molar-refractivity contribution in [2.75, 3.05) is 0 Å². The van der Waals surface area contributed by atoms with E-state index < -0.39 is 17.2 Å². The van der Waals surface area contributed by atoms with Gasteiger partial charge in [-0.2, -0.15) is 0 Å². The number of carbonyl (C=O) groups excluding carboxylic acids is 1. The number of fused-ring (bicyclic) bond motifs is 1. The highest BCUT2D eigenvalue weighted by molar-refractivity contribution is 5.76. The topological polar surface area (TPSA) is 104 Å². The molecule has 0 saturated carbocycles. The van der Waals surface area contributed by atoms with Gasteiger partial charge in [0.05, 0.1) is 5.41 Å². The van der Waals surface area contributed by atoms with Crippen LogP contribution in [0.3, 0.4) is 0 Å². The molecule has 31 heavy (non-hydrogen) atoms. The summed E-state index contributed by atoms with van der Waals surface area (Å²) >= 11 is 0. The number of rotatable bonds is 11. The third-order valence-corrected chi connectivity index (χ3v) is 6.88. The van der Waals surface area contributed by atoms with E-state index in [2.05, 4.69) is 32.1 Å². The first-order valence-corrected chi connectivity index (χ1v) is 11.7. The van der Waals surface area contributed by atoms with Crippen molar-refractivity contribution < 1.29 is 29.6 Å². The molecule has 6 heteroatoms. The first kappa shape index (κ1) is 25.6. The van der Waals surface area contributed by atoms with Gasteiger partial charge in [0.2, 0.25) is 0 Å². The van der Waals surface area contributed by atoms with E-state index >= 15 is 0 Å². The Morgan fingerprint density at radius 1 is 1.19 bits per heavy atom. The smallest absolute Gasteiger partial charge is 0.311 e. The summed E-state index contributed by atoms with van der Waals surface area (Å²) in [6.07, 6.45) is 10.5. The molecule has 0 bridgehead atoms. The second kappa shape index (κ2) is 10.8. The molecule has 0 aromatic rings. The molecule has 176 valence electrons. The van der Waals surface area contributed by atoms with Crippen molar-refractivity contribution in [3.05, 3.63) is 23.8 Å². The van der Waals surface area contributed by atoms with Crippen molar-refractivity contribution in [2.45, 2.75) is 97.4 Å². The summed E-state index contributed by atoms with van der Waals surface area (Å²) < 4.78 is 6.08. The van der Waals surface area contributed by atoms with Crippen molar-refractivity contribution in [1.82, 2.24) is 0 Å². The van der Waals surface area contributed by atoms with Gasteiger partial charge in [-0.15, -0.1) is 0 Å². The van der Waals surface area contributed by atoms with Crippen LogP contribution < -0.4 is 0 Å². The summed E-state index contributed by atoms with van der Waals surface area (Å²) in [5, 5.41) is 29.5. The summed E-state index contributed by atoms with van der Waals surface area (Å²) in [6.45, 7) is 8.05. The van der Waals surface area contributed by atoms with E-state index in [1.807, 2.05) is 13.8 Å². The molecular weight excluding hydrogens is 396 g/mol. The molecular formula is C25H40O6. The van der Waals surface area contributed by atoms with Gasteiger partial charge in [-0.1, -0.05) is 38.5 Å². The van der Waals surface area contributed by atoms with Crippen molar-refractivity contribution in [3.8, 4) is 0 Å². The van der Waals surface area contributed by atoms with Crippen LogP contribution in [0.2, 0.25) is 0 Å². The third kappa shape index (κ3) is 7.18. The highest BCUT2D eigenvalue weighted by Crippen LogP contribution is 2.44. The number of carboxylic acids is 1. The van der Waals surface area contributed by atoms with E-state index in [0.717, 1.165) is 25.7 Å². The Labute approximate surface area is 186 Å². The fraction of sp³-hybridized carbons (Fsp3) is 0.760. The monoisotopic (exact) mass is 436 g/mol. The number of aliphatic carboxylic acids is 1. The lowest BCUT2D eigenvalue weighted by atomic mass is 9.66. The lowest BCUT2D eigenvalue weighted by molar-refractivity contribution is -0.177. The summed E-state index contributed by atoms with van der Waals surface area (Å²) in [7, 11) is 0. The van der Waals surface area contributed by atoms with Gasteiger partial charge in [-0.25, -0.2) is 0 Å². The fourth-order valence-corrected chi connectivity index (χ4v) is 5.02. The summed E-state index contributed by atoms with van der Waals surface area (Å²) in [4.78, 5) is 23.6. The molecule has 0 spiro atoms. The van der Waals surface area contributed by atoms with Crippen LogP contribution in [0.4, 0.5) is 0 Å². The minimum Gasteiger partial charge on any atom is -0.481 e. The molecule has 2 aliphatic rings.